The molecule has 22 heavy (non-hydrogen) atoms. The van der Waals surface area contributed by atoms with E-state index >= 15 is 0 Å². The van der Waals surface area contributed by atoms with Crippen molar-refractivity contribution in [1.29, 1.82) is 0 Å². The molecule has 1 aromatic carbocycles. The lowest BCUT2D eigenvalue weighted by molar-refractivity contribution is 0.0219. The molecule has 1 heterocycles. The van der Waals surface area contributed by atoms with Gasteiger partial charge in [-0.2, -0.15) is 0 Å². The number of carbonyl (C=O) groups is 1. The molecular formula is C16H22Cl2N2O2. The van der Waals surface area contributed by atoms with E-state index in [1.807, 2.05) is 32.9 Å². The topological polar surface area (TPSA) is 32.8 Å². The zero-order valence-corrected chi connectivity index (χ0v) is 14.9. The Morgan fingerprint density at radius 1 is 1.18 bits per heavy atom. The van der Waals surface area contributed by atoms with E-state index in [1.165, 1.54) is 0 Å². The molecule has 2 rings (SSSR count). The number of piperazine rings is 1. The Bertz CT molecular complexity index is 537. The Hall–Kier alpha value is -1.13. The number of halogens is 2. The van der Waals surface area contributed by atoms with Gasteiger partial charge in [0.2, 0.25) is 0 Å². The van der Waals surface area contributed by atoms with E-state index in [9.17, 15) is 4.79 Å². The minimum Gasteiger partial charge on any atom is -0.444 e. The minimum absolute atomic E-state index is 0.163. The first-order valence-electron chi connectivity index (χ1n) is 7.36. The number of nitrogens with zero attached hydrogens (tertiary/aromatic N) is 2. The van der Waals surface area contributed by atoms with Gasteiger partial charge in [-0.25, -0.2) is 4.79 Å². The number of anilines is 1. The van der Waals surface area contributed by atoms with Crippen LogP contribution in [0.4, 0.5) is 10.5 Å². The summed E-state index contributed by atoms with van der Waals surface area (Å²) >= 11 is 12.1. The maximum Gasteiger partial charge on any atom is 0.410 e. The summed E-state index contributed by atoms with van der Waals surface area (Å²) in [4.78, 5) is 16.1. The summed E-state index contributed by atoms with van der Waals surface area (Å²) in [6.07, 6.45) is -0.261. The molecular weight excluding hydrogens is 323 g/mol. The highest BCUT2D eigenvalue weighted by Gasteiger charge is 2.30. The molecule has 0 N–H and O–H groups in total. The molecule has 0 saturated carbocycles. The first kappa shape index (κ1) is 17.2. The summed E-state index contributed by atoms with van der Waals surface area (Å²) in [5.41, 5.74) is 0.506. The zero-order valence-electron chi connectivity index (χ0n) is 13.4. The SMILES string of the molecule is C[C@@H]1CN(C(=O)OC(C)(C)C)CCN1c1cc(Cl)cc(Cl)c1. The van der Waals surface area contributed by atoms with Crippen LogP contribution < -0.4 is 4.90 Å². The predicted molar refractivity (Wildman–Crippen MR) is 91.1 cm³/mol. The Morgan fingerprint density at radius 2 is 1.77 bits per heavy atom. The van der Waals surface area contributed by atoms with Crippen molar-refractivity contribution in [2.75, 3.05) is 24.5 Å². The molecule has 0 spiro atoms. The van der Waals surface area contributed by atoms with E-state index in [2.05, 4.69) is 11.8 Å². The first-order valence-corrected chi connectivity index (χ1v) is 8.12. The van der Waals surface area contributed by atoms with Crippen LogP contribution in [-0.2, 0) is 4.74 Å². The highest BCUT2D eigenvalue weighted by molar-refractivity contribution is 6.35. The van der Waals surface area contributed by atoms with E-state index in [4.69, 9.17) is 27.9 Å². The number of amides is 1. The molecule has 1 saturated heterocycles. The lowest BCUT2D eigenvalue weighted by atomic mass is 10.1. The fourth-order valence-electron chi connectivity index (χ4n) is 2.54. The van der Waals surface area contributed by atoms with Gasteiger partial charge >= 0.3 is 6.09 Å². The number of hydrogen-bond acceptors (Lipinski definition) is 3. The van der Waals surface area contributed by atoms with Crippen molar-refractivity contribution in [3.8, 4) is 0 Å². The van der Waals surface area contributed by atoms with Crippen LogP contribution >= 0.6 is 23.2 Å². The van der Waals surface area contributed by atoms with E-state index in [0.29, 0.717) is 23.1 Å². The molecule has 1 aliphatic heterocycles. The van der Waals surface area contributed by atoms with Gasteiger partial charge < -0.3 is 14.5 Å². The van der Waals surface area contributed by atoms with Gasteiger partial charge in [-0.15, -0.1) is 0 Å². The van der Waals surface area contributed by atoms with Crippen LogP contribution in [0.2, 0.25) is 10.0 Å². The summed E-state index contributed by atoms with van der Waals surface area (Å²) in [6, 6.07) is 5.67. The molecule has 1 amide bonds. The average Bonchev–Trinajstić information content (AvgIpc) is 2.35. The van der Waals surface area contributed by atoms with Crippen LogP contribution in [0.3, 0.4) is 0 Å². The van der Waals surface area contributed by atoms with Crippen LogP contribution in [-0.4, -0.2) is 42.3 Å². The van der Waals surface area contributed by atoms with E-state index < -0.39 is 5.60 Å². The smallest absolute Gasteiger partial charge is 0.410 e. The van der Waals surface area contributed by atoms with Crippen LogP contribution in [0.15, 0.2) is 18.2 Å². The highest BCUT2D eigenvalue weighted by Crippen LogP contribution is 2.28. The van der Waals surface area contributed by atoms with Gasteiger partial charge in [0, 0.05) is 41.4 Å². The first-order chi connectivity index (χ1) is 10.2. The van der Waals surface area contributed by atoms with Crippen molar-refractivity contribution < 1.29 is 9.53 Å². The van der Waals surface area contributed by atoms with E-state index in [0.717, 1.165) is 12.2 Å². The molecule has 0 aliphatic carbocycles. The van der Waals surface area contributed by atoms with Gasteiger partial charge in [-0.05, 0) is 45.9 Å². The Morgan fingerprint density at radius 3 is 2.27 bits per heavy atom. The summed E-state index contributed by atoms with van der Waals surface area (Å²) in [6.45, 7) is 9.64. The largest absolute Gasteiger partial charge is 0.444 e. The third-order valence-corrected chi connectivity index (χ3v) is 3.89. The van der Waals surface area contributed by atoms with Crippen molar-refractivity contribution >= 4 is 35.0 Å². The van der Waals surface area contributed by atoms with Gasteiger partial charge in [0.1, 0.15) is 5.60 Å². The number of carbonyl (C=O) groups excluding carboxylic acids is 1. The molecule has 0 bridgehead atoms. The lowest BCUT2D eigenvalue weighted by Crippen LogP contribution is -2.54. The summed E-state index contributed by atoms with van der Waals surface area (Å²) in [5, 5.41) is 1.23. The molecule has 6 heteroatoms. The Labute approximate surface area is 141 Å². The van der Waals surface area contributed by atoms with Crippen molar-refractivity contribution in [3.05, 3.63) is 28.2 Å². The average molecular weight is 345 g/mol. The van der Waals surface area contributed by atoms with Gasteiger partial charge in [0.25, 0.3) is 0 Å². The zero-order chi connectivity index (χ0) is 16.5. The summed E-state index contributed by atoms with van der Waals surface area (Å²) in [7, 11) is 0. The number of rotatable bonds is 1. The van der Waals surface area contributed by atoms with Gasteiger partial charge in [0.05, 0.1) is 0 Å². The third-order valence-electron chi connectivity index (χ3n) is 3.46. The maximum atomic E-state index is 12.2. The van der Waals surface area contributed by atoms with Crippen LogP contribution in [0.1, 0.15) is 27.7 Å². The van der Waals surface area contributed by atoms with Crippen molar-refractivity contribution in [1.82, 2.24) is 4.90 Å². The van der Waals surface area contributed by atoms with Crippen LogP contribution in [0.25, 0.3) is 0 Å². The molecule has 122 valence electrons. The Balaban J connectivity index is 2.05. The monoisotopic (exact) mass is 344 g/mol. The fourth-order valence-corrected chi connectivity index (χ4v) is 3.05. The highest BCUT2D eigenvalue weighted by atomic mass is 35.5. The maximum absolute atomic E-state index is 12.2. The predicted octanol–water partition coefficient (Wildman–Crippen LogP) is 4.44. The van der Waals surface area contributed by atoms with Crippen molar-refractivity contribution in [2.24, 2.45) is 0 Å². The van der Waals surface area contributed by atoms with Gasteiger partial charge in [-0.1, -0.05) is 23.2 Å². The van der Waals surface area contributed by atoms with Crippen LogP contribution in [0.5, 0.6) is 0 Å². The van der Waals surface area contributed by atoms with Gasteiger partial charge in [-0.3, -0.25) is 0 Å². The number of benzene rings is 1. The molecule has 0 aromatic heterocycles. The third kappa shape index (κ3) is 4.43. The molecule has 0 unspecified atom stereocenters. The van der Waals surface area contributed by atoms with Gasteiger partial charge in [0.15, 0.2) is 0 Å². The number of ether oxygens (including phenoxy) is 1. The van der Waals surface area contributed by atoms with E-state index in [-0.39, 0.29) is 12.1 Å². The molecule has 1 aliphatic rings. The lowest BCUT2D eigenvalue weighted by Gasteiger charge is -2.41. The Kier molecular flexibility index (Phi) is 5.13. The van der Waals surface area contributed by atoms with Crippen molar-refractivity contribution in [2.45, 2.75) is 39.3 Å². The quantitative estimate of drug-likeness (QED) is 0.754. The standard InChI is InChI=1S/C16H22Cl2N2O2/c1-11-10-19(15(21)22-16(2,3)4)5-6-20(11)14-8-12(17)7-13(18)9-14/h7-9,11H,5-6,10H2,1-4H3/t11-/m1/s1. The normalized spacial score (nSPS) is 19.3. The minimum atomic E-state index is -0.474. The second-order valence-electron chi connectivity index (χ2n) is 6.60. The second kappa shape index (κ2) is 6.55. The molecule has 0 radical (unpaired) electrons. The fraction of sp³-hybridized carbons (Fsp3) is 0.562. The molecule has 1 atom stereocenters. The molecule has 1 fully saturated rings. The summed E-state index contributed by atoms with van der Waals surface area (Å²) in [5.74, 6) is 0. The van der Waals surface area contributed by atoms with Crippen LogP contribution in [0, 0.1) is 0 Å². The second-order valence-corrected chi connectivity index (χ2v) is 7.47. The molecule has 1 aromatic rings. The number of hydrogen-bond donors (Lipinski definition) is 0. The van der Waals surface area contributed by atoms with Crippen molar-refractivity contribution in [3.63, 3.8) is 0 Å². The molecule has 4 nitrogen and oxygen atoms in total. The summed E-state index contributed by atoms with van der Waals surface area (Å²) < 4.78 is 5.43. The van der Waals surface area contributed by atoms with E-state index in [1.54, 1.807) is 11.0 Å².